The van der Waals surface area contributed by atoms with Crippen LogP contribution in [-0.2, 0) is 4.79 Å². The first-order chi connectivity index (χ1) is 9.92. The Balaban J connectivity index is 2.90. The quantitative estimate of drug-likeness (QED) is 0.840. The topological polar surface area (TPSA) is 55.6 Å². The van der Waals surface area contributed by atoms with Gasteiger partial charge in [-0.1, -0.05) is 32.0 Å². The number of hydrogen-bond donors (Lipinski definition) is 1. The molecule has 1 amide bonds. The highest BCUT2D eigenvalue weighted by Gasteiger charge is 2.26. The summed E-state index contributed by atoms with van der Waals surface area (Å²) in [5.74, 6) is 1.24. The van der Waals surface area contributed by atoms with Gasteiger partial charge in [-0.3, -0.25) is 4.79 Å². The smallest absolute Gasteiger partial charge is 0.227 e. The van der Waals surface area contributed by atoms with Crippen LogP contribution in [0.2, 0.25) is 0 Å². The Morgan fingerprint density at radius 1 is 1.29 bits per heavy atom. The average molecular weight is 292 g/mol. The maximum absolute atomic E-state index is 12.6. The molecule has 4 heteroatoms. The van der Waals surface area contributed by atoms with Gasteiger partial charge in [0.15, 0.2) is 0 Å². The molecule has 1 rings (SSSR count). The molecule has 0 bridgehead atoms. The van der Waals surface area contributed by atoms with Crippen LogP contribution < -0.4 is 10.5 Å². The molecule has 2 atom stereocenters. The van der Waals surface area contributed by atoms with Crippen LogP contribution in [0.3, 0.4) is 0 Å². The minimum Gasteiger partial charge on any atom is -0.496 e. The van der Waals surface area contributed by atoms with Crippen molar-refractivity contribution in [3.8, 4) is 5.75 Å². The molecule has 0 saturated heterocycles. The van der Waals surface area contributed by atoms with Crippen LogP contribution >= 0.6 is 0 Å². The van der Waals surface area contributed by atoms with E-state index in [0.29, 0.717) is 12.5 Å². The summed E-state index contributed by atoms with van der Waals surface area (Å²) < 4.78 is 5.39. The van der Waals surface area contributed by atoms with Crippen molar-refractivity contribution in [3.63, 3.8) is 0 Å². The molecule has 2 N–H and O–H groups in total. The standard InChI is InChI=1S/C17H28N2O2/c1-12(2)10-14(11-18)17(20)19(4)13(3)15-8-6-7-9-16(15)21-5/h6-9,12-14H,10-11,18H2,1-5H3. The van der Waals surface area contributed by atoms with Gasteiger partial charge in [0, 0.05) is 19.2 Å². The summed E-state index contributed by atoms with van der Waals surface area (Å²) in [4.78, 5) is 14.4. The van der Waals surface area contributed by atoms with E-state index in [1.54, 1.807) is 12.0 Å². The van der Waals surface area contributed by atoms with E-state index in [0.717, 1.165) is 17.7 Å². The highest BCUT2D eigenvalue weighted by atomic mass is 16.5. The Labute approximate surface area is 128 Å². The SMILES string of the molecule is COc1ccccc1C(C)N(C)C(=O)C(CN)CC(C)C. The van der Waals surface area contributed by atoms with E-state index in [1.807, 2.05) is 38.2 Å². The predicted molar refractivity (Wildman–Crippen MR) is 86.2 cm³/mol. The molecule has 4 nitrogen and oxygen atoms in total. The van der Waals surface area contributed by atoms with Crippen molar-refractivity contribution in [1.82, 2.24) is 4.90 Å². The summed E-state index contributed by atoms with van der Waals surface area (Å²) in [6.45, 7) is 6.62. The Morgan fingerprint density at radius 3 is 2.43 bits per heavy atom. The van der Waals surface area contributed by atoms with E-state index in [-0.39, 0.29) is 17.9 Å². The Kier molecular flexibility index (Phi) is 6.69. The molecule has 0 spiro atoms. The van der Waals surface area contributed by atoms with Crippen LogP contribution in [-0.4, -0.2) is 31.5 Å². The molecule has 0 aliphatic carbocycles. The van der Waals surface area contributed by atoms with Gasteiger partial charge in [0.05, 0.1) is 19.1 Å². The lowest BCUT2D eigenvalue weighted by Gasteiger charge is -2.30. The lowest BCUT2D eigenvalue weighted by molar-refractivity contribution is -0.136. The fourth-order valence-corrected chi connectivity index (χ4v) is 2.57. The van der Waals surface area contributed by atoms with Crippen molar-refractivity contribution in [2.45, 2.75) is 33.2 Å². The highest BCUT2D eigenvalue weighted by Crippen LogP contribution is 2.29. The summed E-state index contributed by atoms with van der Waals surface area (Å²) in [5.41, 5.74) is 6.79. The van der Waals surface area contributed by atoms with Crippen molar-refractivity contribution >= 4 is 5.91 Å². The molecule has 1 aromatic rings. The minimum atomic E-state index is -0.118. The normalized spacial score (nSPS) is 13.9. The second kappa shape index (κ2) is 8.03. The van der Waals surface area contributed by atoms with Gasteiger partial charge in [-0.15, -0.1) is 0 Å². The average Bonchev–Trinajstić information content (AvgIpc) is 2.50. The van der Waals surface area contributed by atoms with E-state index in [4.69, 9.17) is 10.5 Å². The molecule has 118 valence electrons. The Bertz CT molecular complexity index is 460. The van der Waals surface area contributed by atoms with Crippen LogP contribution in [0.5, 0.6) is 5.75 Å². The summed E-state index contributed by atoms with van der Waals surface area (Å²) in [6, 6.07) is 7.75. The number of para-hydroxylation sites is 1. The fraction of sp³-hybridized carbons (Fsp3) is 0.588. The number of benzene rings is 1. The van der Waals surface area contributed by atoms with Crippen molar-refractivity contribution in [3.05, 3.63) is 29.8 Å². The van der Waals surface area contributed by atoms with Crippen molar-refractivity contribution in [2.24, 2.45) is 17.6 Å². The Morgan fingerprint density at radius 2 is 1.90 bits per heavy atom. The number of carbonyl (C=O) groups excluding carboxylic acids is 1. The molecule has 2 unspecified atom stereocenters. The van der Waals surface area contributed by atoms with Gasteiger partial charge < -0.3 is 15.4 Å². The second-order valence-corrected chi connectivity index (χ2v) is 5.93. The zero-order valence-corrected chi connectivity index (χ0v) is 13.8. The van der Waals surface area contributed by atoms with E-state index < -0.39 is 0 Å². The minimum absolute atomic E-state index is 0.0464. The largest absolute Gasteiger partial charge is 0.496 e. The van der Waals surface area contributed by atoms with E-state index in [2.05, 4.69) is 13.8 Å². The van der Waals surface area contributed by atoms with Crippen molar-refractivity contribution < 1.29 is 9.53 Å². The number of nitrogens with two attached hydrogens (primary N) is 1. The first-order valence-electron chi connectivity index (χ1n) is 7.52. The van der Waals surface area contributed by atoms with Crippen LogP contribution in [0.4, 0.5) is 0 Å². The van der Waals surface area contributed by atoms with Crippen LogP contribution in [0.15, 0.2) is 24.3 Å². The molecule has 0 aromatic heterocycles. The summed E-state index contributed by atoms with van der Waals surface area (Å²) in [5, 5.41) is 0. The molecule has 0 aliphatic rings. The fourth-order valence-electron chi connectivity index (χ4n) is 2.57. The van der Waals surface area contributed by atoms with E-state index >= 15 is 0 Å². The van der Waals surface area contributed by atoms with Crippen molar-refractivity contribution in [2.75, 3.05) is 20.7 Å². The third-order valence-electron chi connectivity index (χ3n) is 3.91. The molecule has 21 heavy (non-hydrogen) atoms. The number of hydrogen-bond acceptors (Lipinski definition) is 3. The first kappa shape index (κ1) is 17.5. The summed E-state index contributed by atoms with van der Waals surface area (Å²) in [6.07, 6.45) is 0.818. The van der Waals surface area contributed by atoms with Crippen molar-refractivity contribution in [1.29, 1.82) is 0 Å². The zero-order valence-electron chi connectivity index (χ0n) is 13.8. The summed E-state index contributed by atoms with van der Waals surface area (Å²) >= 11 is 0. The number of ether oxygens (including phenoxy) is 1. The molecule has 0 aliphatic heterocycles. The third-order valence-corrected chi connectivity index (χ3v) is 3.91. The predicted octanol–water partition coefficient (Wildman–Crippen LogP) is 2.84. The molecular formula is C17H28N2O2. The van der Waals surface area contributed by atoms with Gasteiger partial charge in [-0.05, 0) is 25.3 Å². The third kappa shape index (κ3) is 4.46. The first-order valence-corrected chi connectivity index (χ1v) is 7.52. The van der Waals surface area contributed by atoms with Gasteiger partial charge in [0.2, 0.25) is 5.91 Å². The lowest BCUT2D eigenvalue weighted by Crippen LogP contribution is -2.38. The number of methoxy groups -OCH3 is 1. The number of nitrogens with zero attached hydrogens (tertiary/aromatic N) is 1. The van der Waals surface area contributed by atoms with Gasteiger partial charge in [0.1, 0.15) is 5.75 Å². The van der Waals surface area contributed by atoms with Gasteiger partial charge in [0.25, 0.3) is 0 Å². The van der Waals surface area contributed by atoms with Gasteiger partial charge in [-0.2, -0.15) is 0 Å². The van der Waals surface area contributed by atoms with E-state index in [9.17, 15) is 4.79 Å². The number of amides is 1. The molecule has 0 heterocycles. The van der Waals surface area contributed by atoms with E-state index in [1.165, 1.54) is 0 Å². The molecule has 0 fully saturated rings. The summed E-state index contributed by atoms with van der Waals surface area (Å²) in [7, 11) is 3.48. The Hall–Kier alpha value is -1.55. The molecule has 0 radical (unpaired) electrons. The van der Waals surface area contributed by atoms with Crippen LogP contribution in [0.25, 0.3) is 0 Å². The van der Waals surface area contributed by atoms with Gasteiger partial charge >= 0.3 is 0 Å². The van der Waals surface area contributed by atoms with Gasteiger partial charge in [-0.25, -0.2) is 0 Å². The number of carbonyl (C=O) groups is 1. The molecular weight excluding hydrogens is 264 g/mol. The molecule has 1 aromatic carbocycles. The molecule has 0 saturated carbocycles. The highest BCUT2D eigenvalue weighted by molar-refractivity contribution is 5.79. The number of rotatable bonds is 7. The lowest BCUT2D eigenvalue weighted by atomic mass is 9.95. The van der Waals surface area contributed by atoms with Crippen LogP contribution in [0.1, 0.15) is 38.8 Å². The maximum Gasteiger partial charge on any atom is 0.227 e. The zero-order chi connectivity index (χ0) is 16.0. The second-order valence-electron chi connectivity index (χ2n) is 5.93. The van der Waals surface area contributed by atoms with Crippen LogP contribution in [0, 0.1) is 11.8 Å². The monoisotopic (exact) mass is 292 g/mol. The maximum atomic E-state index is 12.6.